The third kappa shape index (κ3) is 6.93. The van der Waals surface area contributed by atoms with E-state index in [1.165, 1.54) is 22.9 Å². The van der Waals surface area contributed by atoms with Gasteiger partial charge >= 0.3 is 6.18 Å². The smallest absolute Gasteiger partial charge is 0.422 e. The van der Waals surface area contributed by atoms with Crippen LogP contribution in [-0.2, 0) is 21.6 Å². The number of benzene rings is 3. The van der Waals surface area contributed by atoms with E-state index in [0.717, 1.165) is 11.6 Å². The van der Waals surface area contributed by atoms with Crippen LogP contribution in [0.25, 0.3) is 10.9 Å². The number of nitro benzene ring substituents is 1. The zero-order valence-corrected chi connectivity index (χ0v) is 25.9. The highest BCUT2D eigenvalue weighted by Gasteiger charge is 2.57. The highest BCUT2D eigenvalue weighted by atomic mass is 19.4. The van der Waals surface area contributed by atoms with Crippen molar-refractivity contribution in [2.24, 2.45) is 0 Å². The number of hydrogen-bond donors (Lipinski definition) is 1. The molecule has 0 radical (unpaired) electrons. The van der Waals surface area contributed by atoms with Crippen LogP contribution in [0, 0.1) is 10.1 Å². The van der Waals surface area contributed by atoms with E-state index in [1.807, 2.05) is 37.3 Å². The fourth-order valence-corrected chi connectivity index (χ4v) is 6.16. The van der Waals surface area contributed by atoms with Gasteiger partial charge in [0.25, 0.3) is 5.69 Å². The fraction of sp³-hybridized carbons (Fsp3) is 0.412. The first-order valence-corrected chi connectivity index (χ1v) is 15.5. The molecule has 0 spiro atoms. The molecule has 0 amide bonds. The summed E-state index contributed by atoms with van der Waals surface area (Å²) < 4.78 is 69.5. The molecule has 2 saturated heterocycles. The van der Waals surface area contributed by atoms with Crippen LogP contribution < -0.4 is 9.47 Å². The minimum absolute atomic E-state index is 0.0996. The molecule has 1 aromatic heterocycles. The number of likely N-dealkylation sites (tertiary alicyclic amines) is 1. The van der Waals surface area contributed by atoms with Gasteiger partial charge in [-0.15, -0.1) is 0 Å². The Morgan fingerprint density at radius 2 is 1.68 bits per heavy atom. The molecule has 2 aliphatic heterocycles. The first-order valence-electron chi connectivity index (χ1n) is 15.5. The SMILES string of the molecule is CC1OC(C(C)Oc2ccccc2OC2CCN(CC(O)(c3cn(Cc4ccccc4)c4cc([N+](=O)[O-])ccc34)C(F)(F)F)CC2)O1. The Bertz CT molecular complexity index is 1700. The van der Waals surface area contributed by atoms with E-state index in [1.54, 1.807) is 36.1 Å². The fourth-order valence-electron chi connectivity index (χ4n) is 6.16. The Kier molecular flexibility index (Phi) is 9.16. The molecular formula is C34H36F3N3O7. The Hall–Kier alpha value is -4.17. The predicted octanol–water partition coefficient (Wildman–Crippen LogP) is 6.38. The van der Waals surface area contributed by atoms with E-state index >= 15 is 0 Å². The highest BCUT2D eigenvalue weighted by Crippen LogP contribution is 2.44. The van der Waals surface area contributed by atoms with Gasteiger partial charge in [-0.3, -0.25) is 15.0 Å². The molecule has 6 rings (SSSR count). The van der Waals surface area contributed by atoms with Gasteiger partial charge in [-0.2, -0.15) is 13.2 Å². The second-order valence-electron chi connectivity index (χ2n) is 12.0. The molecular weight excluding hydrogens is 619 g/mol. The molecule has 1 N–H and O–H groups in total. The molecule has 2 atom stereocenters. The molecule has 250 valence electrons. The zero-order valence-electron chi connectivity index (χ0n) is 25.9. The Labute approximate surface area is 269 Å². The Balaban J connectivity index is 1.19. The van der Waals surface area contributed by atoms with Crippen molar-refractivity contribution in [3.63, 3.8) is 0 Å². The molecule has 2 aliphatic rings. The van der Waals surface area contributed by atoms with Crippen LogP contribution >= 0.6 is 0 Å². The molecule has 2 unspecified atom stereocenters. The van der Waals surface area contributed by atoms with Crippen LogP contribution in [0.4, 0.5) is 18.9 Å². The lowest BCUT2D eigenvalue weighted by molar-refractivity contribution is -0.393. The number of aromatic nitrogens is 1. The molecule has 13 heteroatoms. The van der Waals surface area contributed by atoms with E-state index in [9.17, 15) is 28.4 Å². The number of rotatable bonds is 11. The molecule has 2 fully saturated rings. The maximum atomic E-state index is 14.9. The molecule has 4 aromatic rings. The van der Waals surface area contributed by atoms with Crippen molar-refractivity contribution in [3.8, 4) is 11.5 Å². The average molecular weight is 656 g/mol. The Morgan fingerprint density at radius 3 is 2.32 bits per heavy atom. The zero-order chi connectivity index (χ0) is 33.3. The van der Waals surface area contributed by atoms with Crippen LogP contribution in [-0.4, -0.2) is 70.1 Å². The maximum absolute atomic E-state index is 14.9. The number of nitrogens with zero attached hydrogens (tertiary/aromatic N) is 3. The summed E-state index contributed by atoms with van der Waals surface area (Å²) >= 11 is 0. The molecule has 10 nitrogen and oxygen atoms in total. The van der Waals surface area contributed by atoms with Crippen LogP contribution in [0.2, 0.25) is 0 Å². The highest BCUT2D eigenvalue weighted by molar-refractivity contribution is 5.87. The van der Waals surface area contributed by atoms with E-state index < -0.39 is 29.5 Å². The monoisotopic (exact) mass is 655 g/mol. The number of halogens is 3. The molecule has 3 heterocycles. The summed E-state index contributed by atoms with van der Waals surface area (Å²) in [6, 6.07) is 19.9. The van der Waals surface area contributed by atoms with Crippen molar-refractivity contribution >= 4 is 16.6 Å². The molecule has 0 aliphatic carbocycles. The number of aliphatic hydroxyl groups is 1. The van der Waals surface area contributed by atoms with Gasteiger partial charge in [0.1, 0.15) is 12.2 Å². The summed E-state index contributed by atoms with van der Waals surface area (Å²) in [5.74, 6) is 1.02. The third-order valence-corrected chi connectivity index (χ3v) is 8.66. The lowest BCUT2D eigenvalue weighted by atomic mass is 9.91. The van der Waals surface area contributed by atoms with Crippen molar-refractivity contribution < 1.29 is 42.1 Å². The van der Waals surface area contributed by atoms with Crippen molar-refractivity contribution in [2.45, 2.75) is 69.8 Å². The summed E-state index contributed by atoms with van der Waals surface area (Å²) in [6.07, 6.45) is -4.37. The molecule has 3 aromatic carbocycles. The van der Waals surface area contributed by atoms with Crippen LogP contribution in [0.5, 0.6) is 11.5 Å². The summed E-state index contributed by atoms with van der Waals surface area (Å²) in [5, 5.41) is 23.2. The number of piperidine rings is 1. The third-order valence-electron chi connectivity index (χ3n) is 8.66. The van der Waals surface area contributed by atoms with Gasteiger partial charge in [-0.1, -0.05) is 42.5 Å². The van der Waals surface area contributed by atoms with Crippen molar-refractivity contribution in [2.75, 3.05) is 19.6 Å². The standard InChI is InChI=1S/C34H36F3N3O7/c1-22(32-45-23(2)46-32)44-30-10-6-7-11-31(30)47-26-14-16-38(17-15-26)21-33(41,34(35,36)37)28-20-39(19-24-8-4-3-5-9-24)29-18-25(40(42)43)12-13-27(28)29/h3-13,18,20,22-23,26,32,41H,14-17,19,21H2,1-2H3. The topological polar surface area (TPSA) is 108 Å². The summed E-state index contributed by atoms with van der Waals surface area (Å²) in [4.78, 5) is 12.5. The van der Waals surface area contributed by atoms with Gasteiger partial charge in [-0.05, 0) is 50.5 Å². The van der Waals surface area contributed by atoms with Crippen LogP contribution in [0.1, 0.15) is 37.8 Å². The summed E-state index contributed by atoms with van der Waals surface area (Å²) in [7, 11) is 0. The Morgan fingerprint density at radius 1 is 1.02 bits per heavy atom. The first-order chi connectivity index (χ1) is 22.4. The molecule has 47 heavy (non-hydrogen) atoms. The van der Waals surface area contributed by atoms with Gasteiger partial charge in [0.05, 0.1) is 10.4 Å². The predicted molar refractivity (Wildman–Crippen MR) is 166 cm³/mol. The summed E-state index contributed by atoms with van der Waals surface area (Å²) in [6.45, 7) is 3.57. The minimum atomic E-state index is -5.04. The van der Waals surface area contributed by atoms with Gasteiger partial charge in [0, 0.05) is 55.5 Å². The lowest BCUT2D eigenvalue weighted by Gasteiger charge is -2.39. The maximum Gasteiger partial charge on any atom is 0.422 e. The van der Waals surface area contributed by atoms with E-state index in [0.29, 0.717) is 24.3 Å². The number of fused-ring (bicyclic) bond motifs is 1. The number of β-amino-alcohol motifs (C(OH)–C–C–N with tert-alkyl or cyclic N) is 1. The second kappa shape index (κ2) is 13.1. The van der Waals surface area contributed by atoms with Crippen LogP contribution in [0.15, 0.2) is 79.0 Å². The second-order valence-corrected chi connectivity index (χ2v) is 12.0. The molecule has 0 bridgehead atoms. The first kappa shape index (κ1) is 32.8. The van der Waals surface area contributed by atoms with Crippen LogP contribution in [0.3, 0.4) is 0 Å². The van der Waals surface area contributed by atoms with Gasteiger partial charge in [0.15, 0.2) is 24.1 Å². The normalized spacial score (nSPS) is 21.1. The summed E-state index contributed by atoms with van der Waals surface area (Å²) in [5.41, 5.74) is -2.82. The number of alkyl halides is 3. The molecule has 0 saturated carbocycles. The quantitative estimate of drug-likeness (QED) is 0.147. The van der Waals surface area contributed by atoms with E-state index in [4.69, 9.17) is 18.9 Å². The number of non-ortho nitro benzene ring substituents is 1. The van der Waals surface area contributed by atoms with Gasteiger partial charge in [-0.25, -0.2) is 0 Å². The minimum Gasteiger partial charge on any atom is -0.486 e. The lowest BCUT2D eigenvalue weighted by Crippen LogP contribution is -2.53. The van der Waals surface area contributed by atoms with E-state index in [-0.39, 0.29) is 60.3 Å². The average Bonchev–Trinajstić information content (AvgIpc) is 3.39. The van der Waals surface area contributed by atoms with Crippen molar-refractivity contribution in [1.82, 2.24) is 9.47 Å². The van der Waals surface area contributed by atoms with E-state index in [2.05, 4.69) is 0 Å². The van der Waals surface area contributed by atoms with Crippen molar-refractivity contribution in [3.05, 3.63) is 100 Å². The number of ether oxygens (including phenoxy) is 4. The number of hydrogen-bond acceptors (Lipinski definition) is 8. The number of para-hydroxylation sites is 2. The van der Waals surface area contributed by atoms with Gasteiger partial charge < -0.3 is 28.6 Å². The van der Waals surface area contributed by atoms with Gasteiger partial charge in [0.2, 0.25) is 5.60 Å². The largest absolute Gasteiger partial charge is 0.486 e. The number of nitro groups is 1. The van der Waals surface area contributed by atoms with Crippen molar-refractivity contribution in [1.29, 1.82) is 0 Å².